The molecule has 0 saturated heterocycles. The summed E-state index contributed by atoms with van der Waals surface area (Å²) in [5.74, 6) is -1.41. The molecular weight excluding hydrogens is 533 g/mol. The topological polar surface area (TPSA) is 151 Å². The average molecular weight is 555 g/mol. The van der Waals surface area contributed by atoms with Crippen molar-refractivity contribution in [3.05, 3.63) is 54.0 Å². The number of ether oxygens (including phenoxy) is 3. The van der Waals surface area contributed by atoms with Gasteiger partial charge in [-0.2, -0.15) is 18.2 Å². The Morgan fingerprint density at radius 1 is 1.03 bits per heavy atom. The van der Waals surface area contributed by atoms with Gasteiger partial charge in [0.05, 0.1) is 23.4 Å². The fourth-order valence-electron chi connectivity index (χ4n) is 3.19. The van der Waals surface area contributed by atoms with Gasteiger partial charge in [0.2, 0.25) is 27.8 Å². The van der Waals surface area contributed by atoms with Gasteiger partial charge < -0.3 is 18.7 Å². The number of anilines is 1. The number of alkyl halides is 3. The Hall–Kier alpha value is -3.89. The van der Waals surface area contributed by atoms with Crippen LogP contribution < -0.4 is 9.46 Å². The third-order valence-electron chi connectivity index (χ3n) is 4.93. The Bertz CT molecular complexity index is 1500. The molecule has 1 atom stereocenters. The minimum atomic E-state index is -4.93. The van der Waals surface area contributed by atoms with Gasteiger partial charge in [-0.05, 0) is 18.2 Å². The summed E-state index contributed by atoms with van der Waals surface area (Å²) in [6.07, 6.45) is -6.55. The molecule has 38 heavy (non-hydrogen) atoms. The lowest BCUT2D eigenvalue weighted by atomic mass is 10.1. The first-order chi connectivity index (χ1) is 18.1. The van der Waals surface area contributed by atoms with Gasteiger partial charge in [0.15, 0.2) is 0 Å². The number of sulfonamides is 1. The molecule has 0 aliphatic heterocycles. The molecule has 0 bridgehead atoms. The fourth-order valence-corrected chi connectivity index (χ4v) is 4.11. The zero-order valence-electron chi connectivity index (χ0n) is 20.0. The third kappa shape index (κ3) is 6.51. The smallest absolute Gasteiger partial charge is 0.429 e. The third-order valence-corrected chi connectivity index (χ3v) is 6.14. The molecule has 0 amide bonds. The molecule has 16 heteroatoms. The summed E-state index contributed by atoms with van der Waals surface area (Å²) in [5.41, 5.74) is 0.204. The Morgan fingerprint density at radius 2 is 1.76 bits per heavy atom. The molecule has 4 rings (SSSR count). The largest absolute Gasteiger partial charge is 0.457 e. The van der Waals surface area contributed by atoms with E-state index in [0.29, 0.717) is 0 Å². The van der Waals surface area contributed by atoms with E-state index in [1.165, 1.54) is 32.4 Å². The van der Waals surface area contributed by atoms with E-state index in [9.17, 15) is 21.6 Å². The van der Waals surface area contributed by atoms with E-state index < -0.39 is 39.8 Å². The zero-order chi connectivity index (χ0) is 27.3. The molecule has 202 valence electrons. The van der Waals surface area contributed by atoms with Crippen LogP contribution in [-0.2, 0) is 26.1 Å². The van der Waals surface area contributed by atoms with Crippen LogP contribution in [0, 0.1) is 0 Å². The van der Waals surface area contributed by atoms with E-state index in [4.69, 9.17) is 18.7 Å². The summed E-state index contributed by atoms with van der Waals surface area (Å²) < 4.78 is 89.4. The molecular formula is C22H21F3N6O6S. The van der Waals surface area contributed by atoms with Crippen molar-refractivity contribution in [3.8, 4) is 17.4 Å². The van der Waals surface area contributed by atoms with Crippen molar-refractivity contribution in [2.75, 3.05) is 31.3 Å². The maximum absolute atomic E-state index is 14.1. The highest BCUT2D eigenvalue weighted by Gasteiger charge is 2.44. The van der Waals surface area contributed by atoms with Gasteiger partial charge >= 0.3 is 6.18 Å². The molecule has 4 aromatic rings. The number of rotatable bonds is 11. The summed E-state index contributed by atoms with van der Waals surface area (Å²) in [7, 11) is -1.30. The second-order valence-electron chi connectivity index (χ2n) is 7.74. The van der Waals surface area contributed by atoms with Gasteiger partial charge in [0.1, 0.15) is 12.3 Å². The zero-order valence-corrected chi connectivity index (χ0v) is 20.8. The van der Waals surface area contributed by atoms with E-state index in [0.717, 1.165) is 12.3 Å². The first kappa shape index (κ1) is 27.2. The summed E-state index contributed by atoms with van der Waals surface area (Å²) in [5, 5.41) is 3.72. The molecule has 0 saturated carbocycles. The lowest BCUT2D eigenvalue weighted by Crippen LogP contribution is -2.28. The van der Waals surface area contributed by atoms with Gasteiger partial charge in [-0.3, -0.25) is 9.71 Å². The van der Waals surface area contributed by atoms with Gasteiger partial charge in [-0.15, -0.1) is 0 Å². The van der Waals surface area contributed by atoms with Crippen LogP contribution in [0.15, 0.2) is 47.1 Å². The van der Waals surface area contributed by atoms with Crippen molar-refractivity contribution in [2.24, 2.45) is 0 Å². The molecule has 3 heterocycles. The van der Waals surface area contributed by atoms with Crippen LogP contribution in [0.1, 0.15) is 17.6 Å². The Labute approximate surface area is 214 Å². The second-order valence-corrected chi connectivity index (χ2v) is 9.58. The van der Waals surface area contributed by atoms with Crippen LogP contribution in [0.2, 0.25) is 0 Å². The number of pyridine rings is 1. The van der Waals surface area contributed by atoms with Crippen molar-refractivity contribution in [3.63, 3.8) is 0 Å². The molecule has 3 aromatic heterocycles. The van der Waals surface area contributed by atoms with E-state index in [-0.39, 0.29) is 47.2 Å². The predicted octanol–water partition coefficient (Wildman–Crippen LogP) is 3.29. The van der Waals surface area contributed by atoms with Crippen molar-refractivity contribution in [2.45, 2.75) is 18.9 Å². The first-order valence-corrected chi connectivity index (χ1v) is 12.5. The van der Waals surface area contributed by atoms with Crippen molar-refractivity contribution >= 4 is 26.9 Å². The van der Waals surface area contributed by atoms with Crippen LogP contribution in [0.5, 0.6) is 5.88 Å². The summed E-state index contributed by atoms with van der Waals surface area (Å²) in [6, 6.07) is 8.64. The van der Waals surface area contributed by atoms with E-state index in [1.54, 1.807) is 12.1 Å². The Balaban J connectivity index is 1.69. The average Bonchev–Trinajstić information content (AvgIpc) is 3.34. The number of fused-ring (bicyclic) bond motifs is 1. The van der Waals surface area contributed by atoms with E-state index >= 15 is 0 Å². The van der Waals surface area contributed by atoms with Gasteiger partial charge in [0, 0.05) is 26.0 Å². The molecule has 1 N–H and O–H groups in total. The normalized spacial score (nSPS) is 13.0. The number of nitrogens with one attached hydrogen (secondary N) is 1. The van der Waals surface area contributed by atoms with E-state index in [1.807, 2.05) is 0 Å². The van der Waals surface area contributed by atoms with Crippen LogP contribution in [0.3, 0.4) is 0 Å². The van der Waals surface area contributed by atoms with Gasteiger partial charge in [0.25, 0.3) is 11.8 Å². The lowest BCUT2D eigenvalue weighted by molar-refractivity contribution is -0.198. The molecule has 12 nitrogen and oxygen atoms in total. The highest BCUT2D eigenvalue weighted by Crippen LogP contribution is 2.38. The van der Waals surface area contributed by atoms with E-state index in [2.05, 4.69) is 29.8 Å². The minimum absolute atomic E-state index is 0.0550. The highest BCUT2D eigenvalue weighted by molar-refractivity contribution is 7.92. The second kappa shape index (κ2) is 11.2. The van der Waals surface area contributed by atoms with Crippen LogP contribution in [0.25, 0.3) is 22.6 Å². The molecule has 0 radical (unpaired) electrons. The maximum Gasteiger partial charge on any atom is 0.429 e. The lowest BCUT2D eigenvalue weighted by Gasteiger charge is -2.22. The Kier molecular flexibility index (Phi) is 8.03. The molecule has 1 aromatic carbocycles. The fraction of sp³-hybridized carbons (Fsp3) is 0.318. The standard InChI is InChI=1S/C22H21F3N6O6S/c1-34-9-10-38(32,33)31-20-21(28-15-6-4-3-5-14(15)27-20)36-18(22(23,24)25)13-7-8-16(26-11-13)19-29-17(12-35-2)37-30-19/h3-8,11,18H,9-10,12H2,1-2H3,(H,27,31). The summed E-state index contributed by atoms with van der Waals surface area (Å²) in [4.78, 5) is 16.3. The number of hydrogen-bond donors (Lipinski definition) is 1. The SMILES string of the molecule is COCCS(=O)(=O)Nc1nc2ccccc2nc1OC(c1ccc(-c2noc(COC)n2)nc1)C(F)(F)F. The van der Waals surface area contributed by atoms with Crippen molar-refractivity contribution in [1.82, 2.24) is 25.1 Å². The number of nitrogens with zero attached hydrogens (tertiary/aromatic N) is 5. The van der Waals surface area contributed by atoms with Gasteiger partial charge in [-0.1, -0.05) is 23.4 Å². The number of benzene rings is 1. The quantitative estimate of drug-likeness (QED) is 0.291. The number of aromatic nitrogens is 5. The van der Waals surface area contributed by atoms with Crippen LogP contribution in [0.4, 0.5) is 19.0 Å². The van der Waals surface area contributed by atoms with Crippen molar-refractivity contribution < 1.29 is 40.3 Å². The molecule has 1 unspecified atom stereocenters. The number of hydrogen-bond acceptors (Lipinski definition) is 11. The molecule has 0 aliphatic carbocycles. The number of para-hydroxylation sites is 2. The Morgan fingerprint density at radius 3 is 2.39 bits per heavy atom. The maximum atomic E-state index is 14.1. The summed E-state index contributed by atoms with van der Waals surface area (Å²) >= 11 is 0. The van der Waals surface area contributed by atoms with Gasteiger partial charge in [-0.25, -0.2) is 18.4 Å². The number of halogens is 3. The highest BCUT2D eigenvalue weighted by atomic mass is 32.2. The monoisotopic (exact) mass is 554 g/mol. The molecule has 0 aliphatic rings. The molecule has 0 fully saturated rings. The van der Waals surface area contributed by atoms with Crippen molar-refractivity contribution in [1.29, 1.82) is 0 Å². The van der Waals surface area contributed by atoms with Crippen LogP contribution in [-0.4, -0.2) is 66.3 Å². The minimum Gasteiger partial charge on any atom is -0.457 e. The molecule has 0 spiro atoms. The first-order valence-electron chi connectivity index (χ1n) is 10.9. The predicted molar refractivity (Wildman–Crippen MR) is 126 cm³/mol. The van der Waals surface area contributed by atoms with Crippen LogP contribution >= 0.6 is 0 Å². The number of methoxy groups -OCH3 is 2. The summed E-state index contributed by atoms with van der Waals surface area (Å²) in [6.45, 7) is -0.0948.